The van der Waals surface area contributed by atoms with E-state index in [1.807, 2.05) is 0 Å². The largest absolute Gasteiger partial charge is 0.494 e. The van der Waals surface area contributed by atoms with Crippen molar-refractivity contribution < 1.29 is 4.74 Å². The number of rotatable bonds is 7. The van der Waals surface area contributed by atoms with E-state index >= 15 is 0 Å². The number of nitrogens with zero attached hydrogens (tertiary/aromatic N) is 1. The first kappa shape index (κ1) is 16.4. The van der Waals surface area contributed by atoms with Gasteiger partial charge in [0, 0.05) is 13.1 Å². The Kier molecular flexibility index (Phi) is 6.56. The Hall–Kier alpha value is -1.02. The van der Waals surface area contributed by atoms with Crippen molar-refractivity contribution in [1.82, 2.24) is 4.90 Å². The summed E-state index contributed by atoms with van der Waals surface area (Å²) in [5.74, 6) is 2.52. The van der Waals surface area contributed by atoms with E-state index in [1.165, 1.54) is 44.5 Å². The van der Waals surface area contributed by atoms with Gasteiger partial charge in [-0.3, -0.25) is 0 Å². The molecule has 0 radical (unpaired) electrons. The van der Waals surface area contributed by atoms with E-state index in [0.29, 0.717) is 5.92 Å². The summed E-state index contributed by atoms with van der Waals surface area (Å²) in [6.45, 7) is 11.4. The molecule has 0 spiro atoms. The molecule has 0 bridgehead atoms. The molecule has 0 amide bonds. The minimum atomic E-state index is 0.639. The molecule has 1 aliphatic heterocycles. The van der Waals surface area contributed by atoms with Crippen LogP contribution in [0.3, 0.4) is 0 Å². The molecule has 1 saturated heterocycles. The third-order valence-electron chi connectivity index (χ3n) is 4.69. The highest BCUT2D eigenvalue weighted by Crippen LogP contribution is 2.21. The Morgan fingerprint density at radius 2 is 2.05 bits per heavy atom. The van der Waals surface area contributed by atoms with Crippen LogP contribution in [-0.4, -0.2) is 31.1 Å². The number of likely N-dealkylation sites (tertiary alicyclic amines) is 1. The molecule has 0 aromatic heterocycles. The molecule has 2 nitrogen and oxygen atoms in total. The van der Waals surface area contributed by atoms with Crippen molar-refractivity contribution in [3.05, 3.63) is 29.8 Å². The summed E-state index contributed by atoms with van der Waals surface area (Å²) < 4.78 is 5.87. The van der Waals surface area contributed by atoms with E-state index in [0.717, 1.165) is 24.7 Å². The van der Waals surface area contributed by atoms with Gasteiger partial charge < -0.3 is 9.64 Å². The first-order chi connectivity index (χ1) is 10.2. The van der Waals surface area contributed by atoms with Crippen molar-refractivity contribution in [2.45, 2.75) is 52.4 Å². The van der Waals surface area contributed by atoms with Gasteiger partial charge in [0.2, 0.25) is 0 Å². The van der Waals surface area contributed by atoms with Gasteiger partial charge in [0.15, 0.2) is 0 Å². The molecule has 0 N–H and O–H groups in total. The molecule has 1 aromatic rings. The molecule has 1 fully saturated rings. The molecule has 1 aromatic carbocycles. The van der Waals surface area contributed by atoms with Crippen LogP contribution >= 0.6 is 0 Å². The SMILES string of the molecule is CC[C@@H](C)c1ccc(OCCCN2CCC[C@@H](C)C2)cc1. The Morgan fingerprint density at radius 1 is 1.29 bits per heavy atom. The molecular formula is C19H31NO. The third-order valence-corrected chi connectivity index (χ3v) is 4.69. The fourth-order valence-corrected chi connectivity index (χ4v) is 3.10. The average molecular weight is 289 g/mol. The number of hydrogen-bond donors (Lipinski definition) is 0. The van der Waals surface area contributed by atoms with Gasteiger partial charge in [-0.1, -0.05) is 32.9 Å². The van der Waals surface area contributed by atoms with Gasteiger partial charge in [-0.15, -0.1) is 0 Å². The summed E-state index contributed by atoms with van der Waals surface area (Å²) in [5.41, 5.74) is 1.41. The highest BCUT2D eigenvalue weighted by Gasteiger charge is 2.15. The van der Waals surface area contributed by atoms with Gasteiger partial charge in [0.25, 0.3) is 0 Å². The normalized spacial score (nSPS) is 21.2. The molecule has 2 rings (SSSR count). The summed E-state index contributed by atoms with van der Waals surface area (Å²) in [6, 6.07) is 8.64. The zero-order valence-corrected chi connectivity index (χ0v) is 14.0. The molecule has 0 aliphatic carbocycles. The maximum atomic E-state index is 5.87. The lowest BCUT2D eigenvalue weighted by Gasteiger charge is -2.30. The van der Waals surface area contributed by atoms with Crippen molar-refractivity contribution in [2.75, 3.05) is 26.2 Å². The van der Waals surface area contributed by atoms with Crippen LogP contribution in [0.4, 0.5) is 0 Å². The Morgan fingerprint density at radius 3 is 2.71 bits per heavy atom. The maximum absolute atomic E-state index is 5.87. The number of hydrogen-bond acceptors (Lipinski definition) is 2. The predicted octanol–water partition coefficient (Wildman–Crippen LogP) is 4.70. The van der Waals surface area contributed by atoms with Crippen LogP contribution in [0.2, 0.25) is 0 Å². The zero-order chi connectivity index (χ0) is 15.1. The molecule has 2 atom stereocenters. The predicted molar refractivity (Wildman–Crippen MR) is 90.1 cm³/mol. The van der Waals surface area contributed by atoms with Crippen LogP contribution in [0, 0.1) is 5.92 Å². The van der Waals surface area contributed by atoms with Gasteiger partial charge in [0.05, 0.1) is 6.61 Å². The summed E-state index contributed by atoms with van der Waals surface area (Å²) in [5, 5.41) is 0. The van der Waals surface area contributed by atoms with Crippen LogP contribution in [0.5, 0.6) is 5.75 Å². The summed E-state index contributed by atoms with van der Waals surface area (Å²) in [4.78, 5) is 2.59. The van der Waals surface area contributed by atoms with Gasteiger partial charge in [-0.05, 0) is 61.8 Å². The van der Waals surface area contributed by atoms with Crippen molar-refractivity contribution in [1.29, 1.82) is 0 Å². The fraction of sp³-hybridized carbons (Fsp3) is 0.684. The van der Waals surface area contributed by atoms with E-state index in [9.17, 15) is 0 Å². The number of benzene rings is 1. The Balaban J connectivity index is 1.66. The molecule has 1 heterocycles. The second-order valence-electron chi connectivity index (χ2n) is 6.63. The lowest BCUT2D eigenvalue weighted by Crippen LogP contribution is -2.35. The highest BCUT2D eigenvalue weighted by atomic mass is 16.5. The summed E-state index contributed by atoms with van der Waals surface area (Å²) in [6.07, 6.45) is 5.07. The van der Waals surface area contributed by atoms with Crippen LogP contribution < -0.4 is 4.74 Å². The minimum Gasteiger partial charge on any atom is -0.494 e. The summed E-state index contributed by atoms with van der Waals surface area (Å²) in [7, 11) is 0. The van der Waals surface area contributed by atoms with Crippen LogP contribution in [0.25, 0.3) is 0 Å². The standard InChI is InChI=1S/C19H31NO/c1-4-17(3)18-8-10-19(11-9-18)21-14-6-13-20-12-5-7-16(2)15-20/h8-11,16-17H,4-7,12-15H2,1-3H3/t16-,17-/m1/s1. The lowest BCUT2D eigenvalue weighted by atomic mass is 9.99. The number of piperidine rings is 1. The first-order valence-electron chi connectivity index (χ1n) is 8.64. The first-order valence-corrected chi connectivity index (χ1v) is 8.64. The van der Waals surface area contributed by atoms with E-state index in [1.54, 1.807) is 0 Å². The van der Waals surface area contributed by atoms with Gasteiger partial charge in [0.1, 0.15) is 5.75 Å². The van der Waals surface area contributed by atoms with Crippen LogP contribution in [-0.2, 0) is 0 Å². The maximum Gasteiger partial charge on any atom is 0.119 e. The van der Waals surface area contributed by atoms with E-state index in [-0.39, 0.29) is 0 Å². The monoisotopic (exact) mass is 289 g/mol. The minimum absolute atomic E-state index is 0.639. The molecule has 0 unspecified atom stereocenters. The quantitative estimate of drug-likeness (QED) is 0.675. The van der Waals surface area contributed by atoms with Crippen molar-refractivity contribution in [3.63, 3.8) is 0 Å². The topological polar surface area (TPSA) is 12.5 Å². The molecule has 21 heavy (non-hydrogen) atoms. The third kappa shape index (κ3) is 5.35. The molecule has 1 aliphatic rings. The van der Waals surface area contributed by atoms with Gasteiger partial charge >= 0.3 is 0 Å². The molecular weight excluding hydrogens is 258 g/mol. The Labute approximate surface area is 130 Å². The fourth-order valence-electron chi connectivity index (χ4n) is 3.10. The average Bonchev–Trinajstić information content (AvgIpc) is 2.51. The second kappa shape index (κ2) is 8.43. The number of ether oxygens (including phenoxy) is 1. The van der Waals surface area contributed by atoms with Gasteiger partial charge in [-0.25, -0.2) is 0 Å². The van der Waals surface area contributed by atoms with Crippen molar-refractivity contribution >= 4 is 0 Å². The van der Waals surface area contributed by atoms with E-state index in [2.05, 4.69) is 49.9 Å². The van der Waals surface area contributed by atoms with Crippen molar-refractivity contribution in [2.24, 2.45) is 5.92 Å². The van der Waals surface area contributed by atoms with E-state index < -0.39 is 0 Å². The van der Waals surface area contributed by atoms with Crippen molar-refractivity contribution in [3.8, 4) is 5.75 Å². The smallest absolute Gasteiger partial charge is 0.119 e. The van der Waals surface area contributed by atoms with E-state index in [4.69, 9.17) is 4.74 Å². The highest BCUT2D eigenvalue weighted by molar-refractivity contribution is 5.29. The molecule has 118 valence electrons. The van der Waals surface area contributed by atoms with Crippen LogP contribution in [0.1, 0.15) is 57.9 Å². The van der Waals surface area contributed by atoms with Gasteiger partial charge in [-0.2, -0.15) is 0 Å². The Bertz CT molecular complexity index is 401. The second-order valence-corrected chi connectivity index (χ2v) is 6.63. The summed E-state index contributed by atoms with van der Waals surface area (Å²) >= 11 is 0. The zero-order valence-electron chi connectivity index (χ0n) is 14.0. The molecule has 2 heteroatoms. The lowest BCUT2D eigenvalue weighted by molar-refractivity contribution is 0.170. The van der Waals surface area contributed by atoms with Crippen LogP contribution in [0.15, 0.2) is 24.3 Å². The molecule has 0 saturated carbocycles.